The standard InChI is InChI=1S/C15H18N2O2S2/c16-10-11-4-1-2-7-15(11)21(18,19)17-13-5-3-6-14-12(13)8-9-20-14/h1-2,4,7-9,13,17H,3,5-6,10,16H2. The molecule has 1 aliphatic rings. The molecule has 0 bridgehead atoms. The number of rotatable bonds is 4. The van der Waals surface area contributed by atoms with Crippen LogP contribution in [0.4, 0.5) is 0 Å². The number of thiophene rings is 1. The van der Waals surface area contributed by atoms with Gasteiger partial charge in [-0.05, 0) is 47.9 Å². The molecule has 1 heterocycles. The van der Waals surface area contributed by atoms with Crippen LogP contribution in [-0.2, 0) is 23.0 Å². The van der Waals surface area contributed by atoms with Gasteiger partial charge in [0.15, 0.2) is 0 Å². The van der Waals surface area contributed by atoms with Crippen molar-refractivity contribution < 1.29 is 8.42 Å². The normalized spacial score (nSPS) is 18.4. The fourth-order valence-corrected chi connectivity index (χ4v) is 5.28. The average molecular weight is 322 g/mol. The zero-order valence-corrected chi connectivity index (χ0v) is 13.2. The number of nitrogens with one attached hydrogen (secondary N) is 1. The molecular formula is C15H18N2O2S2. The molecule has 4 nitrogen and oxygen atoms in total. The summed E-state index contributed by atoms with van der Waals surface area (Å²) in [6.07, 6.45) is 2.90. The molecule has 0 aliphatic heterocycles. The first kappa shape index (κ1) is 14.7. The van der Waals surface area contributed by atoms with Crippen LogP contribution in [0.25, 0.3) is 0 Å². The van der Waals surface area contributed by atoms with Crippen molar-refractivity contribution in [2.45, 2.75) is 36.7 Å². The van der Waals surface area contributed by atoms with Crippen molar-refractivity contribution in [3.05, 3.63) is 51.7 Å². The van der Waals surface area contributed by atoms with E-state index in [1.54, 1.807) is 35.6 Å². The van der Waals surface area contributed by atoms with Gasteiger partial charge < -0.3 is 5.73 Å². The van der Waals surface area contributed by atoms with E-state index in [9.17, 15) is 8.42 Å². The Morgan fingerprint density at radius 2 is 2.10 bits per heavy atom. The van der Waals surface area contributed by atoms with Gasteiger partial charge >= 0.3 is 0 Å². The number of fused-ring (bicyclic) bond motifs is 1. The topological polar surface area (TPSA) is 72.2 Å². The number of aryl methyl sites for hydroxylation is 1. The maximum absolute atomic E-state index is 12.6. The molecule has 1 unspecified atom stereocenters. The fourth-order valence-electron chi connectivity index (χ4n) is 2.79. The Morgan fingerprint density at radius 1 is 1.29 bits per heavy atom. The second-order valence-corrected chi connectivity index (χ2v) is 7.86. The highest BCUT2D eigenvalue weighted by molar-refractivity contribution is 7.89. The third kappa shape index (κ3) is 2.89. The van der Waals surface area contributed by atoms with E-state index < -0.39 is 10.0 Å². The third-order valence-corrected chi connectivity index (χ3v) is 6.40. The van der Waals surface area contributed by atoms with Gasteiger partial charge in [-0.25, -0.2) is 13.1 Å². The van der Waals surface area contributed by atoms with Crippen LogP contribution in [0.5, 0.6) is 0 Å². The van der Waals surface area contributed by atoms with Gasteiger partial charge in [0.25, 0.3) is 0 Å². The van der Waals surface area contributed by atoms with Gasteiger partial charge in [0, 0.05) is 17.5 Å². The van der Waals surface area contributed by atoms with Gasteiger partial charge in [-0.3, -0.25) is 0 Å². The minimum Gasteiger partial charge on any atom is -0.326 e. The van der Waals surface area contributed by atoms with Crippen LogP contribution in [0.2, 0.25) is 0 Å². The van der Waals surface area contributed by atoms with E-state index >= 15 is 0 Å². The SMILES string of the molecule is NCc1ccccc1S(=O)(=O)NC1CCCc2sccc21. The number of hydrogen-bond donors (Lipinski definition) is 2. The van der Waals surface area contributed by atoms with Crippen molar-refractivity contribution in [3.63, 3.8) is 0 Å². The first-order valence-corrected chi connectivity index (χ1v) is 9.34. The van der Waals surface area contributed by atoms with Crippen molar-refractivity contribution in [1.82, 2.24) is 4.72 Å². The second kappa shape index (κ2) is 5.88. The van der Waals surface area contributed by atoms with Crippen LogP contribution in [0.1, 0.15) is 34.9 Å². The molecule has 21 heavy (non-hydrogen) atoms. The summed E-state index contributed by atoms with van der Waals surface area (Å²) >= 11 is 1.70. The molecule has 1 aromatic carbocycles. The fraction of sp³-hybridized carbons (Fsp3) is 0.333. The van der Waals surface area contributed by atoms with Crippen LogP contribution in [0.3, 0.4) is 0 Å². The van der Waals surface area contributed by atoms with Gasteiger partial charge in [-0.1, -0.05) is 18.2 Å². The Labute approximate surface area is 129 Å². The quantitative estimate of drug-likeness (QED) is 0.908. The van der Waals surface area contributed by atoms with Crippen molar-refractivity contribution in [2.24, 2.45) is 5.73 Å². The third-order valence-electron chi connectivity index (χ3n) is 3.83. The highest BCUT2D eigenvalue weighted by atomic mass is 32.2. The van der Waals surface area contributed by atoms with Crippen molar-refractivity contribution >= 4 is 21.4 Å². The minimum absolute atomic E-state index is 0.129. The van der Waals surface area contributed by atoms with Crippen molar-refractivity contribution in [3.8, 4) is 0 Å². The molecule has 1 aromatic heterocycles. The molecule has 1 aliphatic carbocycles. The second-order valence-electron chi connectivity index (χ2n) is 5.18. The first-order valence-electron chi connectivity index (χ1n) is 6.98. The summed E-state index contributed by atoms with van der Waals surface area (Å²) in [7, 11) is -3.55. The molecule has 0 spiro atoms. The predicted octanol–water partition coefficient (Wildman–Crippen LogP) is 2.56. The number of nitrogens with two attached hydrogens (primary N) is 1. The molecule has 0 fully saturated rings. The predicted molar refractivity (Wildman–Crippen MR) is 84.7 cm³/mol. The molecular weight excluding hydrogens is 304 g/mol. The molecule has 1 atom stereocenters. The van der Waals surface area contributed by atoms with E-state index in [4.69, 9.17) is 5.73 Å². The zero-order chi connectivity index (χ0) is 14.9. The van der Waals surface area contributed by atoms with Crippen LogP contribution >= 0.6 is 11.3 Å². The molecule has 3 rings (SSSR count). The lowest BCUT2D eigenvalue weighted by Gasteiger charge is -2.24. The van der Waals surface area contributed by atoms with E-state index in [0.29, 0.717) is 5.56 Å². The van der Waals surface area contributed by atoms with Gasteiger partial charge in [0.1, 0.15) is 0 Å². The van der Waals surface area contributed by atoms with E-state index in [2.05, 4.69) is 4.72 Å². The molecule has 0 saturated carbocycles. The van der Waals surface area contributed by atoms with E-state index in [-0.39, 0.29) is 17.5 Å². The summed E-state index contributed by atoms with van der Waals surface area (Å²) < 4.78 is 28.1. The Bertz CT molecular complexity index is 738. The number of hydrogen-bond acceptors (Lipinski definition) is 4. The zero-order valence-electron chi connectivity index (χ0n) is 11.6. The molecule has 2 aromatic rings. The highest BCUT2D eigenvalue weighted by Crippen LogP contribution is 2.34. The van der Waals surface area contributed by atoms with Crippen LogP contribution in [-0.4, -0.2) is 8.42 Å². The lowest BCUT2D eigenvalue weighted by molar-refractivity contribution is 0.510. The summed E-state index contributed by atoms with van der Waals surface area (Å²) in [6.45, 7) is 0.214. The minimum atomic E-state index is -3.55. The van der Waals surface area contributed by atoms with Gasteiger partial charge in [-0.2, -0.15) is 0 Å². The number of sulfonamides is 1. The Morgan fingerprint density at radius 3 is 2.90 bits per heavy atom. The largest absolute Gasteiger partial charge is 0.326 e. The molecule has 112 valence electrons. The van der Waals surface area contributed by atoms with Crippen molar-refractivity contribution in [2.75, 3.05) is 0 Å². The van der Waals surface area contributed by atoms with Gasteiger partial charge in [0.05, 0.1) is 4.90 Å². The molecule has 6 heteroatoms. The summed E-state index contributed by atoms with van der Waals surface area (Å²) in [6, 6.07) is 8.80. The highest BCUT2D eigenvalue weighted by Gasteiger charge is 2.27. The smallest absolute Gasteiger partial charge is 0.241 e. The van der Waals surface area contributed by atoms with E-state index in [1.165, 1.54) is 4.88 Å². The maximum Gasteiger partial charge on any atom is 0.241 e. The lowest BCUT2D eigenvalue weighted by Crippen LogP contribution is -2.31. The Balaban J connectivity index is 1.91. The monoisotopic (exact) mass is 322 g/mol. The summed E-state index contributed by atoms with van der Waals surface area (Å²) in [5.74, 6) is 0. The molecule has 0 amide bonds. The Kier molecular flexibility index (Phi) is 4.12. The van der Waals surface area contributed by atoms with Gasteiger partial charge in [0.2, 0.25) is 10.0 Å². The summed E-state index contributed by atoms with van der Waals surface area (Å²) in [5.41, 5.74) is 7.42. The van der Waals surface area contributed by atoms with Crippen LogP contribution in [0, 0.1) is 0 Å². The number of benzene rings is 1. The summed E-state index contributed by atoms with van der Waals surface area (Å²) in [4.78, 5) is 1.58. The lowest BCUT2D eigenvalue weighted by atomic mass is 9.95. The van der Waals surface area contributed by atoms with E-state index in [0.717, 1.165) is 24.8 Å². The van der Waals surface area contributed by atoms with Crippen LogP contribution < -0.4 is 10.5 Å². The van der Waals surface area contributed by atoms with Crippen molar-refractivity contribution in [1.29, 1.82) is 0 Å². The first-order chi connectivity index (χ1) is 10.1. The van der Waals surface area contributed by atoms with E-state index in [1.807, 2.05) is 11.4 Å². The average Bonchev–Trinajstić information content (AvgIpc) is 2.96. The van der Waals surface area contributed by atoms with Crippen LogP contribution in [0.15, 0.2) is 40.6 Å². The molecule has 0 saturated heterocycles. The van der Waals surface area contributed by atoms with Gasteiger partial charge in [-0.15, -0.1) is 11.3 Å². The molecule has 0 radical (unpaired) electrons. The summed E-state index contributed by atoms with van der Waals surface area (Å²) in [5, 5.41) is 2.03. The Hall–Kier alpha value is -1.21. The molecule has 3 N–H and O–H groups in total. The maximum atomic E-state index is 12.6.